The van der Waals surface area contributed by atoms with Crippen LogP contribution in [0.15, 0.2) is 41.3 Å². The normalized spacial score (nSPS) is 17.8. The second-order valence-electron chi connectivity index (χ2n) is 7.57. The maximum Gasteiger partial charge on any atom is 0.142 e. The van der Waals surface area contributed by atoms with Gasteiger partial charge in [0.25, 0.3) is 0 Å². The fraction of sp³-hybridized carbons (Fsp3) is 0.346. The third-order valence-corrected chi connectivity index (χ3v) is 6.03. The number of nitrogens with zero attached hydrogens (tertiary/aromatic N) is 1. The summed E-state index contributed by atoms with van der Waals surface area (Å²) in [6, 6.07) is 9.86. The quantitative estimate of drug-likeness (QED) is 0.307. The highest BCUT2D eigenvalue weighted by Gasteiger charge is 2.18. The van der Waals surface area contributed by atoms with Gasteiger partial charge in [-0.05, 0) is 79.8 Å². The highest BCUT2D eigenvalue weighted by molar-refractivity contribution is 8.03. The number of hydrogen-bond donors (Lipinski definition) is 0. The number of thiocyanates is 1. The van der Waals surface area contributed by atoms with Crippen molar-refractivity contribution < 1.29 is 8.78 Å². The predicted octanol–water partition coefficient (Wildman–Crippen LogP) is 6.90. The van der Waals surface area contributed by atoms with Crippen molar-refractivity contribution in [3.63, 3.8) is 0 Å². The van der Waals surface area contributed by atoms with E-state index in [4.69, 9.17) is 5.26 Å². The van der Waals surface area contributed by atoms with Gasteiger partial charge in [-0.15, -0.1) is 0 Å². The fourth-order valence-electron chi connectivity index (χ4n) is 3.75. The lowest BCUT2D eigenvalue weighted by atomic mass is 9.80. The third-order valence-electron chi connectivity index (χ3n) is 5.35. The molecule has 2 aromatic carbocycles. The number of thioether (sulfide) groups is 1. The summed E-state index contributed by atoms with van der Waals surface area (Å²) in [5.74, 6) is 12.2. The van der Waals surface area contributed by atoms with Crippen LogP contribution in [0.3, 0.4) is 0 Å². The maximum atomic E-state index is 13.9. The topological polar surface area (TPSA) is 23.8 Å². The molecule has 4 heteroatoms. The van der Waals surface area contributed by atoms with Crippen molar-refractivity contribution in [2.75, 3.05) is 0 Å². The Kier molecular flexibility index (Phi) is 7.96. The Morgan fingerprint density at radius 3 is 2.03 bits per heavy atom. The van der Waals surface area contributed by atoms with Crippen LogP contribution < -0.4 is 0 Å². The van der Waals surface area contributed by atoms with Crippen molar-refractivity contribution in [1.29, 1.82) is 5.26 Å². The SMILES string of the molecule is CCCC1CCC(C#Cc2ccc(C#Cc3cc(F)c(SC#N)c(F)c3)cc2)CC1. The number of hydrogen-bond acceptors (Lipinski definition) is 2. The minimum atomic E-state index is -0.778. The standard InChI is InChI=1S/C26H23F2NS/c1-2-3-19-4-6-20(7-5-19)8-9-21-10-12-22(13-11-21)14-15-23-16-24(27)26(30-18-29)25(28)17-23/h10-13,16-17,19-20H,2-7H2,1H3. The summed E-state index contributed by atoms with van der Waals surface area (Å²) in [6.07, 6.45) is 7.58. The molecule has 0 aliphatic heterocycles. The summed E-state index contributed by atoms with van der Waals surface area (Å²) in [4.78, 5) is -0.301. The van der Waals surface area contributed by atoms with E-state index in [1.807, 2.05) is 24.3 Å². The molecule has 3 rings (SSSR count). The van der Waals surface area contributed by atoms with Crippen LogP contribution in [0.1, 0.15) is 62.1 Å². The van der Waals surface area contributed by atoms with Crippen LogP contribution >= 0.6 is 11.8 Å². The average Bonchev–Trinajstić information content (AvgIpc) is 2.75. The van der Waals surface area contributed by atoms with Crippen LogP contribution in [0.25, 0.3) is 0 Å². The van der Waals surface area contributed by atoms with Gasteiger partial charge < -0.3 is 0 Å². The number of halogens is 2. The van der Waals surface area contributed by atoms with Crippen LogP contribution in [0, 0.1) is 57.8 Å². The van der Waals surface area contributed by atoms with Crippen molar-refractivity contribution in [3.8, 4) is 29.1 Å². The molecule has 0 spiro atoms. The Morgan fingerprint density at radius 1 is 0.900 bits per heavy atom. The molecule has 0 N–H and O–H groups in total. The number of rotatable bonds is 3. The molecule has 0 radical (unpaired) electrons. The lowest BCUT2D eigenvalue weighted by Gasteiger charge is -2.25. The van der Waals surface area contributed by atoms with Crippen LogP contribution in [0.2, 0.25) is 0 Å². The van der Waals surface area contributed by atoms with Crippen molar-refractivity contribution >= 4 is 11.8 Å². The van der Waals surface area contributed by atoms with Gasteiger partial charge in [0.2, 0.25) is 0 Å². The van der Waals surface area contributed by atoms with E-state index in [1.165, 1.54) is 38.5 Å². The van der Waals surface area contributed by atoms with Gasteiger partial charge in [-0.25, -0.2) is 8.78 Å². The zero-order chi connectivity index (χ0) is 21.3. The van der Waals surface area contributed by atoms with Gasteiger partial charge in [0.05, 0.1) is 4.90 Å². The van der Waals surface area contributed by atoms with Gasteiger partial charge in [0, 0.05) is 22.6 Å². The van der Waals surface area contributed by atoms with E-state index >= 15 is 0 Å². The van der Waals surface area contributed by atoms with E-state index in [2.05, 4.69) is 30.6 Å². The summed E-state index contributed by atoms with van der Waals surface area (Å²) in [6.45, 7) is 2.25. The van der Waals surface area contributed by atoms with E-state index in [0.717, 1.165) is 29.2 Å². The van der Waals surface area contributed by atoms with Gasteiger partial charge in [0.15, 0.2) is 0 Å². The molecular formula is C26H23F2NS. The lowest BCUT2D eigenvalue weighted by Crippen LogP contribution is -2.13. The zero-order valence-electron chi connectivity index (χ0n) is 17.0. The second-order valence-corrected chi connectivity index (χ2v) is 8.36. The Morgan fingerprint density at radius 2 is 1.47 bits per heavy atom. The summed E-state index contributed by atoms with van der Waals surface area (Å²) < 4.78 is 27.8. The molecule has 1 saturated carbocycles. The van der Waals surface area contributed by atoms with Crippen LogP contribution in [-0.4, -0.2) is 0 Å². The molecule has 0 amide bonds. The molecule has 152 valence electrons. The Labute approximate surface area is 181 Å². The molecule has 0 bridgehead atoms. The van der Waals surface area contributed by atoms with E-state index in [1.54, 1.807) is 5.40 Å². The van der Waals surface area contributed by atoms with Crippen LogP contribution in [0.4, 0.5) is 8.78 Å². The molecule has 2 aromatic rings. The van der Waals surface area contributed by atoms with Crippen LogP contribution in [-0.2, 0) is 0 Å². The molecule has 1 nitrogen and oxygen atoms in total. The molecule has 0 aromatic heterocycles. The van der Waals surface area contributed by atoms with E-state index in [-0.39, 0.29) is 10.5 Å². The van der Waals surface area contributed by atoms with E-state index in [0.29, 0.717) is 17.7 Å². The smallest absolute Gasteiger partial charge is 0.142 e. The molecule has 0 heterocycles. The van der Waals surface area contributed by atoms with E-state index < -0.39 is 11.6 Å². The molecule has 30 heavy (non-hydrogen) atoms. The van der Waals surface area contributed by atoms with Gasteiger partial charge in [0.1, 0.15) is 17.0 Å². The zero-order valence-corrected chi connectivity index (χ0v) is 17.8. The molecule has 0 saturated heterocycles. The predicted molar refractivity (Wildman–Crippen MR) is 117 cm³/mol. The van der Waals surface area contributed by atoms with Crippen LogP contribution in [0.5, 0.6) is 0 Å². The first-order valence-corrected chi connectivity index (χ1v) is 11.1. The Hall–Kier alpha value is -2.74. The first-order valence-electron chi connectivity index (χ1n) is 10.3. The van der Waals surface area contributed by atoms with Gasteiger partial charge >= 0.3 is 0 Å². The summed E-state index contributed by atoms with van der Waals surface area (Å²) in [5, 5.41) is 10.3. The minimum absolute atomic E-state index is 0.231. The second kappa shape index (κ2) is 10.9. The minimum Gasteiger partial charge on any atom is -0.206 e. The first-order chi connectivity index (χ1) is 14.6. The van der Waals surface area contributed by atoms with E-state index in [9.17, 15) is 8.78 Å². The van der Waals surface area contributed by atoms with Crippen molar-refractivity contribution in [2.24, 2.45) is 11.8 Å². The maximum absolute atomic E-state index is 13.9. The fourth-order valence-corrected chi connectivity index (χ4v) is 4.15. The monoisotopic (exact) mass is 419 g/mol. The molecular weight excluding hydrogens is 396 g/mol. The summed E-state index contributed by atoms with van der Waals surface area (Å²) in [7, 11) is 0. The van der Waals surface area contributed by atoms with Crippen molar-refractivity contribution in [2.45, 2.75) is 50.3 Å². The van der Waals surface area contributed by atoms with Gasteiger partial charge in [-0.2, -0.15) is 5.26 Å². The highest BCUT2D eigenvalue weighted by Crippen LogP contribution is 2.31. The molecule has 1 aliphatic carbocycles. The molecule has 0 unspecified atom stereocenters. The molecule has 1 fully saturated rings. The Balaban J connectivity index is 1.62. The molecule has 0 atom stereocenters. The first kappa shape index (κ1) is 22.0. The number of nitriles is 1. The molecule has 1 aliphatic rings. The lowest BCUT2D eigenvalue weighted by molar-refractivity contribution is 0.300. The number of benzene rings is 2. The Bertz CT molecular complexity index is 1010. The highest BCUT2D eigenvalue weighted by atomic mass is 32.2. The largest absolute Gasteiger partial charge is 0.206 e. The van der Waals surface area contributed by atoms with Gasteiger partial charge in [-0.1, -0.05) is 43.4 Å². The van der Waals surface area contributed by atoms with Crippen molar-refractivity contribution in [1.82, 2.24) is 0 Å². The summed E-state index contributed by atoms with van der Waals surface area (Å²) >= 11 is 0.465. The third kappa shape index (κ3) is 6.13. The summed E-state index contributed by atoms with van der Waals surface area (Å²) in [5.41, 5.74) is 1.93. The van der Waals surface area contributed by atoms with Crippen molar-refractivity contribution in [3.05, 3.63) is 64.7 Å². The van der Waals surface area contributed by atoms with Gasteiger partial charge in [-0.3, -0.25) is 0 Å². The average molecular weight is 420 g/mol.